The van der Waals surface area contributed by atoms with E-state index in [1.54, 1.807) is 19.9 Å². The first-order valence-electron chi connectivity index (χ1n) is 4.43. The number of rotatable bonds is 2. The highest BCUT2D eigenvalue weighted by molar-refractivity contribution is 5.88. The molecule has 2 aromatic heterocycles. The third-order valence-corrected chi connectivity index (χ3v) is 2.12. The number of hydrogen-bond donors (Lipinski definition) is 2. The van der Waals surface area contributed by atoms with E-state index in [0.717, 1.165) is 0 Å². The minimum atomic E-state index is -0.973. The highest BCUT2D eigenvalue weighted by Crippen LogP contribution is 2.20. The molecular formula is C10H10N2O3. The summed E-state index contributed by atoms with van der Waals surface area (Å²) in [5, 5.41) is 8.86. The molecule has 0 aromatic carbocycles. The van der Waals surface area contributed by atoms with Crippen LogP contribution in [-0.2, 0) is 0 Å². The number of nitrogens with one attached hydrogen (secondary N) is 1. The van der Waals surface area contributed by atoms with Crippen LogP contribution >= 0.6 is 0 Å². The number of aromatic amines is 1. The average Bonchev–Trinajstić information content (AvgIpc) is 2.71. The first-order valence-corrected chi connectivity index (χ1v) is 4.43. The van der Waals surface area contributed by atoms with E-state index in [4.69, 9.17) is 9.52 Å². The van der Waals surface area contributed by atoms with Gasteiger partial charge in [0.2, 0.25) is 0 Å². The number of carbonyl (C=O) groups is 1. The predicted molar refractivity (Wildman–Crippen MR) is 52.7 cm³/mol. The van der Waals surface area contributed by atoms with Gasteiger partial charge in [0.05, 0.1) is 5.69 Å². The third-order valence-electron chi connectivity index (χ3n) is 2.12. The second-order valence-corrected chi connectivity index (χ2v) is 3.30. The summed E-state index contributed by atoms with van der Waals surface area (Å²) in [4.78, 5) is 17.7. The predicted octanol–water partition coefficient (Wildman–Crippen LogP) is 1.98. The summed E-state index contributed by atoms with van der Waals surface area (Å²) < 4.78 is 5.05. The van der Waals surface area contributed by atoms with Crippen LogP contribution in [0, 0.1) is 13.8 Å². The molecule has 0 saturated heterocycles. The number of aromatic carboxylic acids is 1. The monoisotopic (exact) mass is 206 g/mol. The Kier molecular flexibility index (Phi) is 2.07. The summed E-state index contributed by atoms with van der Waals surface area (Å²) in [7, 11) is 0. The van der Waals surface area contributed by atoms with Gasteiger partial charge in [-0.05, 0) is 18.6 Å². The highest BCUT2D eigenvalue weighted by atomic mass is 16.4. The minimum absolute atomic E-state index is 0.186. The Morgan fingerprint density at radius 2 is 2.27 bits per heavy atom. The van der Waals surface area contributed by atoms with Crippen LogP contribution in [0.1, 0.15) is 21.9 Å². The minimum Gasteiger partial charge on any atom is -0.477 e. The molecule has 15 heavy (non-hydrogen) atoms. The molecule has 5 heteroatoms. The standard InChI is InChI=1S/C10H10N2O3/c1-5-3-7(12-9(5)10(13)14)8-4-15-6(2)11-8/h3-4,12H,1-2H3,(H,13,14). The lowest BCUT2D eigenvalue weighted by atomic mass is 10.2. The zero-order valence-electron chi connectivity index (χ0n) is 8.37. The van der Waals surface area contributed by atoms with Crippen LogP contribution in [0.3, 0.4) is 0 Å². The Labute approximate surface area is 85.8 Å². The van der Waals surface area contributed by atoms with Gasteiger partial charge in [0.1, 0.15) is 17.7 Å². The number of hydrogen-bond acceptors (Lipinski definition) is 3. The van der Waals surface area contributed by atoms with E-state index in [-0.39, 0.29) is 5.69 Å². The van der Waals surface area contributed by atoms with E-state index in [1.165, 1.54) is 6.26 Å². The molecule has 5 nitrogen and oxygen atoms in total. The molecule has 0 aliphatic rings. The van der Waals surface area contributed by atoms with Crippen molar-refractivity contribution in [2.45, 2.75) is 13.8 Å². The molecule has 0 fully saturated rings. The zero-order valence-corrected chi connectivity index (χ0v) is 8.37. The fraction of sp³-hybridized carbons (Fsp3) is 0.200. The Morgan fingerprint density at radius 3 is 2.73 bits per heavy atom. The van der Waals surface area contributed by atoms with Gasteiger partial charge >= 0.3 is 5.97 Å². The van der Waals surface area contributed by atoms with Gasteiger partial charge in [-0.2, -0.15) is 0 Å². The SMILES string of the molecule is Cc1nc(-c2cc(C)c(C(=O)O)[nH]2)co1. The van der Waals surface area contributed by atoms with Crippen LogP contribution in [0.25, 0.3) is 11.4 Å². The number of carboxylic acids is 1. The van der Waals surface area contributed by atoms with Crippen molar-refractivity contribution >= 4 is 5.97 Å². The van der Waals surface area contributed by atoms with Crippen molar-refractivity contribution in [3.05, 3.63) is 29.5 Å². The van der Waals surface area contributed by atoms with E-state index in [0.29, 0.717) is 22.8 Å². The molecule has 0 spiro atoms. The first kappa shape index (κ1) is 9.51. The fourth-order valence-electron chi connectivity index (χ4n) is 1.41. The topological polar surface area (TPSA) is 79.1 Å². The van der Waals surface area contributed by atoms with Crippen LogP contribution in [0.15, 0.2) is 16.7 Å². The molecular weight excluding hydrogens is 196 g/mol. The van der Waals surface area contributed by atoms with Gasteiger partial charge in [0.25, 0.3) is 0 Å². The molecule has 2 rings (SSSR count). The third kappa shape index (κ3) is 1.63. The van der Waals surface area contributed by atoms with E-state index in [1.807, 2.05) is 0 Å². The molecule has 0 aliphatic carbocycles. The van der Waals surface area contributed by atoms with Crippen LogP contribution < -0.4 is 0 Å². The van der Waals surface area contributed by atoms with Gasteiger partial charge in [0, 0.05) is 6.92 Å². The summed E-state index contributed by atoms with van der Waals surface area (Å²) >= 11 is 0. The molecule has 2 aromatic rings. The summed E-state index contributed by atoms with van der Waals surface area (Å²) in [6, 6.07) is 1.74. The lowest BCUT2D eigenvalue weighted by Gasteiger charge is -1.89. The van der Waals surface area contributed by atoms with Crippen molar-refractivity contribution in [2.24, 2.45) is 0 Å². The van der Waals surface area contributed by atoms with Crippen LogP contribution in [0.2, 0.25) is 0 Å². The van der Waals surface area contributed by atoms with Gasteiger partial charge in [-0.25, -0.2) is 9.78 Å². The fourth-order valence-corrected chi connectivity index (χ4v) is 1.41. The van der Waals surface area contributed by atoms with E-state index >= 15 is 0 Å². The molecule has 0 radical (unpaired) electrons. The van der Waals surface area contributed by atoms with Crippen molar-refractivity contribution in [2.75, 3.05) is 0 Å². The number of aromatic nitrogens is 2. The van der Waals surface area contributed by atoms with E-state index in [9.17, 15) is 4.79 Å². The van der Waals surface area contributed by atoms with E-state index < -0.39 is 5.97 Å². The zero-order chi connectivity index (χ0) is 11.0. The molecule has 78 valence electrons. The van der Waals surface area contributed by atoms with Gasteiger partial charge in [-0.15, -0.1) is 0 Å². The molecule has 0 aliphatic heterocycles. The maximum Gasteiger partial charge on any atom is 0.352 e. The lowest BCUT2D eigenvalue weighted by molar-refractivity contribution is 0.0690. The van der Waals surface area contributed by atoms with Crippen molar-refractivity contribution < 1.29 is 14.3 Å². The Morgan fingerprint density at radius 1 is 1.53 bits per heavy atom. The number of H-pyrrole nitrogens is 1. The van der Waals surface area contributed by atoms with Crippen molar-refractivity contribution in [1.29, 1.82) is 0 Å². The Hall–Kier alpha value is -2.04. The number of aryl methyl sites for hydroxylation is 2. The van der Waals surface area contributed by atoms with Crippen LogP contribution in [0.5, 0.6) is 0 Å². The number of carboxylic acid groups (broad SMARTS) is 1. The highest BCUT2D eigenvalue weighted by Gasteiger charge is 2.13. The second kappa shape index (κ2) is 3.27. The Bertz CT molecular complexity index is 510. The first-order chi connectivity index (χ1) is 7.08. The number of nitrogens with zero attached hydrogens (tertiary/aromatic N) is 1. The largest absolute Gasteiger partial charge is 0.477 e. The van der Waals surface area contributed by atoms with Crippen molar-refractivity contribution in [1.82, 2.24) is 9.97 Å². The number of oxazole rings is 1. The summed E-state index contributed by atoms with van der Waals surface area (Å²) in [5.74, 6) is -0.423. The maximum atomic E-state index is 10.8. The molecule has 0 atom stereocenters. The quantitative estimate of drug-likeness (QED) is 0.787. The molecule has 2 N–H and O–H groups in total. The van der Waals surface area contributed by atoms with Crippen molar-refractivity contribution in [3.8, 4) is 11.4 Å². The second-order valence-electron chi connectivity index (χ2n) is 3.30. The lowest BCUT2D eigenvalue weighted by Crippen LogP contribution is -1.98. The molecule has 2 heterocycles. The van der Waals surface area contributed by atoms with Crippen molar-refractivity contribution in [3.63, 3.8) is 0 Å². The molecule has 0 saturated carbocycles. The molecule has 0 unspecified atom stereocenters. The van der Waals surface area contributed by atoms with Gasteiger partial charge in [-0.1, -0.05) is 0 Å². The normalized spacial score (nSPS) is 10.5. The van der Waals surface area contributed by atoms with Crippen LogP contribution in [0.4, 0.5) is 0 Å². The summed E-state index contributed by atoms with van der Waals surface area (Å²) in [6.45, 7) is 3.47. The smallest absolute Gasteiger partial charge is 0.352 e. The average molecular weight is 206 g/mol. The van der Waals surface area contributed by atoms with Gasteiger partial charge in [0.15, 0.2) is 5.89 Å². The van der Waals surface area contributed by atoms with Crippen LogP contribution in [-0.4, -0.2) is 21.0 Å². The maximum absolute atomic E-state index is 10.8. The Balaban J connectivity index is 2.46. The van der Waals surface area contributed by atoms with E-state index in [2.05, 4.69) is 9.97 Å². The van der Waals surface area contributed by atoms with Gasteiger partial charge < -0.3 is 14.5 Å². The molecule has 0 bridgehead atoms. The summed E-state index contributed by atoms with van der Waals surface area (Å²) in [5.41, 5.74) is 2.13. The molecule has 0 amide bonds. The van der Waals surface area contributed by atoms with Gasteiger partial charge in [-0.3, -0.25) is 0 Å². The summed E-state index contributed by atoms with van der Waals surface area (Å²) in [6.07, 6.45) is 1.49.